The Hall–Kier alpha value is -0.570. The monoisotopic (exact) mass is 227 g/mol. The lowest BCUT2D eigenvalue weighted by Gasteiger charge is -2.27. The van der Waals surface area contributed by atoms with E-state index in [2.05, 4.69) is 25.8 Å². The summed E-state index contributed by atoms with van der Waals surface area (Å²) < 4.78 is 0. The Balaban J connectivity index is 2.38. The Morgan fingerprint density at radius 2 is 2.06 bits per heavy atom. The molecule has 0 spiro atoms. The summed E-state index contributed by atoms with van der Waals surface area (Å²) in [5, 5.41) is 8.67. The fourth-order valence-corrected chi connectivity index (χ4v) is 2.54. The summed E-state index contributed by atoms with van der Waals surface area (Å²) in [6.45, 7) is 5.36. The Morgan fingerprint density at radius 3 is 2.69 bits per heavy atom. The van der Waals surface area contributed by atoms with Crippen molar-refractivity contribution in [2.75, 3.05) is 13.6 Å². The van der Waals surface area contributed by atoms with E-state index in [1.807, 2.05) is 0 Å². The molecule has 0 aromatic rings. The number of hydrogen-bond acceptors (Lipinski definition) is 2. The van der Waals surface area contributed by atoms with E-state index in [0.29, 0.717) is 18.0 Å². The molecule has 1 atom stereocenters. The first-order valence-corrected chi connectivity index (χ1v) is 6.33. The molecule has 0 saturated heterocycles. The molecular formula is C13H25NO2. The molecule has 0 amide bonds. The summed E-state index contributed by atoms with van der Waals surface area (Å²) in [5.41, 5.74) is 0.475. The average Bonchev–Trinajstić information content (AvgIpc) is 2.35. The second kappa shape index (κ2) is 5.67. The van der Waals surface area contributed by atoms with Gasteiger partial charge < -0.3 is 10.0 Å². The summed E-state index contributed by atoms with van der Waals surface area (Å²) in [4.78, 5) is 12.8. The van der Waals surface area contributed by atoms with Crippen LogP contribution in [0.2, 0.25) is 0 Å². The van der Waals surface area contributed by atoms with Gasteiger partial charge in [-0.2, -0.15) is 0 Å². The quantitative estimate of drug-likeness (QED) is 0.751. The van der Waals surface area contributed by atoms with Crippen LogP contribution in [0.1, 0.15) is 52.4 Å². The van der Waals surface area contributed by atoms with Crippen LogP contribution in [0.5, 0.6) is 0 Å². The molecule has 0 aliphatic heterocycles. The number of carboxylic acids is 1. The molecule has 3 heteroatoms. The molecule has 1 N–H and O–H groups in total. The fourth-order valence-electron chi connectivity index (χ4n) is 2.54. The van der Waals surface area contributed by atoms with Crippen molar-refractivity contribution >= 4 is 5.97 Å². The van der Waals surface area contributed by atoms with Gasteiger partial charge in [0, 0.05) is 12.6 Å². The van der Waals surface area contributed by atoms with Gasteiger partial charge >= 0.3 is 5.97 Å². The molecule has 1 aliphatic rings. The van der Waals surface area contributed by atoms with Crippen molar-refractivity contribution in [1.82, 2.24) is 4.90 Å². The molecule has 0 radical (unpaired) electrons. The molecule has 0 aromatic carbocycles. The third-order valence-corrected chi connectivity index (χ3v) is 3.85. The molecule has 1 unspecified atom stereocenters. The number of aliphatic carboxylic acids is 1. The first kappa shape index (κ1) is 13.5. The van der Waals surface area contributed by atoms with Gasteiger partial charge in [-0.1, -0.05) is 20.3 Å². The fraction of sp³-hybridized carbons (Fsp3) is 0.923. The first-order chi connectivity index (χ1) is 7.41. The lowest BCUT2D eigenvalue weighted by Crippen LogP contribution is -2.33. The van der Waals surface area contributed by atoms with Gasteiger partial charge in [0.1, 0.15) is 0 Å². The highest BCUT2D eigenvalue weighted by atomic mass is 16.4. The van der Waals surface area contributed by atoms with Gasteiger partial charge in [-0.05, 0) is 38.1 Å². The van der Waals surface area contributed by atoms with E-state index in [9.17, 15) is 4.79 Å². The van der Waals surface area contributed by atoms with Crippen molar-refractivity contribution in [2.45, 2.75) is 58.4 Å². The van der Waals surface area contributed by atoms with E-state index in [1.165, 1.54) is 32.1 Å². The van der Waals surface area contributed by atoms with Crippen LogP contribution >= 0.6 is 0 Å². The van der Waals surface area contributed by atoms with E-state index in [1.54, 1.807) is 0 Å². The third kappa shape index (κ3) is 4.52. The SMILES string of the molecule is CN(CCC(=O)O)C1CCCC(C)(C)CC1. The Labute approximate surface area is 98.8 Å². The third-order valence-electron chi connectivity index (χ3n) is 3.85. The van der Waals surface area contributed by atoms with E-state index >= 15 is 0 Å². The molecule has 94 valence electrons. The predicted octanol–water partition coefficient (Wildman–Crippen LogP) is 2.75. The van der Waals surface area contributed by atoms with Crippen LogP contribution in [0.4, 0.5) is 0 Å². The van der Waals surface area contributed by atoms with Crippen molar-refractivity contribution in [2.24, 2.45) is 5.41 Å². The smallest absolute Gasteiger partial charge is 0.304 e. The average molecular weight is 227 g/mol. The zero-order valence-corrected chi connectivity index (χ0v) is 10.8. The molecular weight excluding hydrogens is 202 g/mol. The van der Waals surface area contributed by atoms with Crippen LogP contribution in [0.3, 0.4) is 0 Å². The van der Waals surface area contributed by atoms with Gasteiger partial charge in [0.15, 0.2) is 0 Å². The van der Waals surface area contributed by atoms with Gasteiger partial charge in [-0.3, -0.25) is 4.79 Å². The van der Waals surface area contributed by atoms with E-state index in [0.717, 1.165) is 0 Å². The second-order valence-corrected chi connectivity index (χ2v) is 5.87. The highest BCUT2D eigenvalue weighted by molar-refractivity contribution is 5.66. The molecule has 1 rings (SSSR count). The van der Waals surface area contributed by atoms with Crippen LogP contribution in [0.15, 0.2) is 0 Å². The van der Waals surface area contributed by atoms with Crippen molar-refractivity contribution in [3.8, 4) is 0 Å². The van der Waals surface area contributed by atoms with Crippen LogP contribution in [0, 0.1) is 5.41 Å². The normalized spacial score (nSPS) is 25.4. The minimum Gasteiger partial charge on any atom is -0.481 e. The minimum absolute atomic E-state index is 0.260. The van der Waals surface area contributed by atoms with Crippen LogP contribution < -0.4 is 0 Å². The number of nitrogens with zero attached hydrogens (tertiary/aromatic N) is 1. The maximum Gasteiger partial charge on any atom is 0.304 e. The van der Waals surface area contributed by atoms with Gasteiger partial charge in [0.05, 0.1) is 6.42 Å². The van der Waals surface area contributed by atoms with E-state index < -0.39 is 5.97 Å². The lowest BCUT2D eigenvalue weighted by molar-refractivity contribution is -0.137. The van der Waals surface area contributed by atoms with Crippen molar-refractivity contribution in [3.05, 3.63) is 0 Å². The Bertz CT molecular complexity index is 238. The van der Waals surface area contributed by atoms with Crippen molar-refractivity contribution in [1.29, 1.82) is 0 Å². The molecule has 1 aliphatic carbocycles. The maximum absolute atomic E-state index is 10.5. The molecule has 16 heavy (non-hydrogen) atoms. The number of rotatable bonds is 4. The van der Waals surface area contributed by atoms with Gasteiger partial charge in [-0.25, -0.2) is 0 Å². The molecule has 0 aromatic heterocycles. The molecule has 0 heterocycles. The number of hydrogen-bond donors (Lipinski definition) is 1. The summed E-state index contributed by atoms with van der Waals surface area (Å²) in [7, 11) is 2.06. The van der Waals surface area contributed by atoms with Crippen LogP contribution in [-0.2, 0) is 4.79 Å². The number of carbonyl (C=O) groups is 1. The largest absolute Gasteiger partial charge is 0.481 e. The minimum atomic E-state index is -0.694. The second-order valence-electron chi connectivity index (χ2n) is 5.87. The Morgan fingerprint density at radius 1 is 1.38 bits per heavy atom. The Kier molecular flexibility index (Phi) is 4.78. The summed E-state index contributed by atoms with van der Waals surface area (Å²) in [6, 6.07) is 0.584. The summed E-state index contributed by atoms with van der Waals surface area (Å²) in [6.07, 6.45) is 6.53. The zero-order chi connectivity index (χ0) is 12.2. The van der Waals surface area contributed by atoms with Crippen molar-refractivity contribution < 1.29 is 9.90 Å². The summed E-state index contributed by atoms with van der Waals surface area (Å²) >= 11 is 0. The standard InChI is InChI=1S/C13H25NO2/c1-13(2)8-4-5-11(6-9-13)14(3)10-7-12(15)16/h11H,4-10H2,1-3H3,(H,15,16). The first-order valence-electron chi connectivity index (χ1n) is 6.33. The highest BCUT2D eigenvalue weighted by Crippen LogP contribution is 2.34. The molecule has 1 fully saturated rings. The van der Waals surface area contributed by atoms with Gasteiger partial charge in [0.25, 0.3) is 0 Å². The topological polar surface area (TPSA) is 40.5 Å². The van der Waals surface area contributed by atoms with Crippen molar-refractivity contribution in [3.63, 3.8) is 0 Å². The predicted molar refractivity (Wildman–Crippen MR) is 65.5 cm³/mol. The molecule has 1 saturated carbocycles. The molecule has 3 nitrogen and oxygen atoms in total. The highest BCUT2D eigenvalue weighted by Gasteiger charge is 2.26. The van der Waals surface area contributed by atoms with Crippen LogP contribution in [0.25, 0.3) is 0 Å². The summed E-state index contributed by atoms with van der Waals surface area (Å²) in [5.74, 6) is -0.694. The van der Waals surface area contributed by atoms with Gasteiger partial charge in [-0.15, -0.1) is 0 Å². The zero-order valence-electron chi connectivity index (χ0n) is 10.8. The maximum atomic E-state index is 10.5. The van der Waals surface area contributed by atoms with Gasteiger partial charge in [0.2, 0.25) is 0 Å². The van der Waals surface area contributed by atoms with Crippen LogP contribution in [-0.4, -0.2) is 35.6 Å². The van der Waals surface area contributed by atoms with E-state index in [-0.39, 0.29) is 6.42 Å². The molecule has 0 bridgehead atoms. The van der Waals surface area contributed by atoms with E-state index in [4.69, 9.17) is 5.11 Å². The number of carboxylic acid groups (broad SMARTS) is 1. The lowest BCUT2D eigenvalue weighted by atomic mass is 9.85.